The molecule has 0 aliphatic rings. The van der Waals surface area contributed by atoms with Crippen molar-refractivity contribution in [2.24, 2.45) is 0 Å². The molecule has 5 nitrogen and oxygen atoms in total. The maximum absolute atomic E-state index is 11.4. The van der Waals surface area contributed by atoms with Crippen molar-refractivity contribution in [2.45, 2.75) is 19.9 Å². The summed E-state index contributed by atoms with van der Waals surface area (Å²) in [5.74, 6) is -0.563. The lowest BCUT2D eigenvalue weighted by atomic mass is 10.1. The van der Waals surface area contributed by atoms with Gasteiger partial charge in [0, 0.05) is 17.5 Å². The van der Waals surface area contributed by atoms with Gasteiger partial charge in [-0.25, -0.2) is 0 Å². The maximum Gasteiger partial charge on any atom is 0.293 e. The number of hydrogen-bond donors (Lipinski definition) is 3. The number of hydrogen-bond acceptors (Lipinski definition) is 2. The predicted octanol–water partition coefficient (Wildman–Crippen LogP) is 0.132. The van der Waals surface area contributed by atoms with Gasteiger partial charge in [-0.15, -0.1) is 0 Å². The van der Waals surface area contributed by atoms with Crippen LogP contribution in [0.4, 0.5) is 0 Å². The number of amides is 2. The Balaban J connectivity index is 2.42. The number of quaternary nitrogens is 1. The number of nitrogens with one attached hydrogen (secondary N) is 2. The van der Waals surface area contributed by atoms with E-state index in [0.29, 0.717) is 5.02 Å². The Morgan fingerprint density at radius 2 is 2.00 bits per heavy atom. The van der Waals surface area contributed by atoms with Crippen molar-refractivity contribution < 1.29 is 14.9 Å². The number of benzene rings is 1. The fourth-order valence-corrected chi connectivity index (χ4v) is 1.77. The second-order valence-electron chi connectivity index (χ2n) is 3.98. The molecule has 0 bridgehead atoms. The van der Waals surface area contributed by atoms with Gasteiger partial charge < -0.3 is 5.32 Å². The summed E-state index contributed by atoms with van der Waals surface area (Å²) in [6.45, 7) is 3.51. The summed E-state index contributed by atoms with van der Waals surface area (Å²) in [6.07, 6.45) is 0. The maximum atomic E-state index is 11.4. The van der Waals surface area contributed by atoms with Gasteiger partial charge in [0.15, 0.2) is 6.54 Å². The van der Waals surface area contributed by atoms with E-state index in [1.807, 2.05) is 36.5 Å². The first kappa shape index (κ1) is 14.5. The van der Waals surface area contributed by atoms with Crippen LogP contribution in [-0.2, 0) is 9.59 Å². The van der Waals surface area contributed by atoms with Crippen LogP contribution < -0.4 is 16.2 Å². The van der Waals surface area contributed by atoms with Gasteiger partial charge in [0.05, 0.1) is 0 Å². The molecule has 0 unspecified atom stereocenters. The molecule has 1 rings (SSSR count). The first-order chi connectivity index (χ1) is 8.50. The van der Waals surface area contributed by atoms with E-state index in [2.05, 4.69) is 10.9 Å². The summed E-state index contributed by atoms with van der Waals surface area (Å²) in [4.78, 5) is 22.0. The quantitative estimate of drug-likeness (QED) is 0.681. The second kappa shape index (κ2) is 6.98. The predicted molar refractivity (Wildman–Crippen MR) is 68.6 cm³/mol. The van der Waals surface area contributed by atoms with Crippen LogP contribution in [0.15, 0.2) is 24.3 Å². The molecule has 1 aromatic carbocycles. The number of hydrazine groups is 1. The minimum Gasteiger partial charge on any atom is -0.332 e. The molecule has 0 spiro atoms. The van der Waals surface area contributed by atoms with Crippen molar-refractivity contribution in [3.8, 4) is 0 Å². The third-order valence-corrected chi connectivity index (χ3v) is 2.77. The van der Waals surface area contributed by atoms with Gasteiger partial charge in [0.1, 0.15) is 6.04 Å². The van der Waals surface area contributed by atoms with E-state index in [1.54, 1.807) is 0 Å². The van der Waals surface area contributed by atoms with E-state index < -0.39 is 0 Å². The lowest BCUT2D eigenvalue weighted by Gasteiger charge is -2.12. The van der Waals surface area contributed by atoms with Crippen molar-refractivity contribution in [3.63, 3.8) is 0 Å². The lowest BCUT2D eigenvalue weighted by Crippen LogP contribution is -2.87. The normalized spacial score (nSPS) is 11.7. The Hall–Kier alpha value is -1.59. The lowest BCUT2D eigenvalue weighted by molar-refractivity contribution is -0.682. The average molecular weight is 271 g/mol. The Morgan fingerprint density at radius 3 is 2.61 bits per heavy atom. The summed E-state index contributed by atoms with van der Waals surface area (Å²) in [5.41, 5.74) is 5.51. The van der Waals surface area contributed by atoms with Crippen LogP contribution in [0.25, 0.3) is 0 Å². The number of nitrogens with two attached hydrogens (primary N) is 1. The van der Waals surface area contributed by atoms with Crippen molar-refractivity contribution in [1.82, 2.24) is 10.9 Å². The molecular formula is C12H17ClN3O2+. The molecule has 4 N–H and O–H groups in total. The van der Waals surface area contributed by atoms with Crippen LogP contribution in [0.5, 0.6) is 0 Å². The zero-order valence-corrected chi connectivity index (χ0v) is 11.1. The van der Waals surface area contributed by atoms with Crippen molar-refractivity contribution in [1.29, 1.82) is 0 Å². The summed E-state index contributed by atoms with van der Waals surface area (Å²) < 4.78 is 0. The van der Waals surface area contributed by atoms with Crippen molar-refractivity contribution >= 4 is 23.4 Å². The Morgan fingerprint density at radius 1 is 1.33 bits per heavy atom. The molecule has 0 saturated heterocycles. The molecule has 0 aliphatic heterocycles. The van der Waals surface area contributed by atoms with Crippen molar-refractivity contribution in [3.05, 3.63) is 34.9 Å². The van der Waals surface area contributed by atoms with Crippen LogP contribution in [0.1, 0.15) is 25.5 Å². The Labute approximate surface area is 111 Å². The van der Waals surface area contributed by atoms with Crippen LogP contribution in [0.2, 0.25) is 5.02 Å². The van der Waals surface area contributed by atoms with Crippen LogP contribution in [0.3, 0.4) is 0 Å². The third-order valence-electron chi connectivity index (χ3n) is 2.43. The second-order valence-corrected chi connectivity index (χ2v) is 4.39. The smallest absolute Gasteiger partial charge is 0.293 e. The van der Waals surface area contributed by atoms with E-state index in [9.17, 15) is 9.59 Å². The fourth-order valence-electron chi connectivity index (χ4n) is 1.46. The average Bonchev–Trinajstić information content (AvgIpc) is 2.34. The monoisotopic (exact) mass is 270 g/mol. The third kappa shape index (κ3) is 4.73. The molecule has 0 saturated carbocycles. The molecule has 0 heterocycles. The van der Waals surface area contributed by atoms with Gasteiger partial charge in [-0.05, 0) is 13.0 Å². The highest BCUT2D eigenvalue weighted by Gasteiger charge is 2.13. The summed E-state index contributed by atoms with van der Waals surface area (Å²) in [6, 6.07) is 7.58. The molecule has 1 aromatic rings. The number of carbonyl (C=O) groups excluding carboxylic acids is 2. The standard InChI is InChI=1S/C12H16ClN3O2/c1-8(10-5-3-4-6-11(10)13)14-7-12(18)16-15-9(2)17/h3-6,8,14H,7H2,1-2H3,(H,15,17)(H,16,18)/p+1/t8-/m0/s1. The van der Waals surface area contributed by atoms with Gasteiger partial charge in [-0.3, -0.25) is 20.4 Å². The van der Waals surface area contributed by atoms with Gasteiger partial charge in [0.2, 0.25) is 5.91 Å². The Kier molecular flexibility index (Phi) is 5.61. The minimum atomic E-state index is -0.303. The van der Waals surface area contributed by atoms with E-state index >= 15 is 0 Å². The molecule has 98 valence electrons. The highest BCUT2D eigenvalue weighted by Crippen LogP contribution is 2.19. The zero-order valence-electron chi connectivity index (χ0n) is 10.4. The minimum absolute atomic E-state index is 0.0711. The van der Waals surface area contributed by atoms with E-state index in [4.69, 9.17) is 11.6 Å². The molecule has 18 heavy (non-hydrogen) atoms. The van der Waals surface area contributed by atoms with Crippen LogP contribution >= 0.6 is 11.6 Å². The first-order valence-electron chi connectivity index (χ1n) is 5.64. The van der Waals surface area contributed by atoms with E-state index in [0.717, 1.165) is 5.56 Å². The van der Waals surface area contributed by atoms with Gasteiger partial charge in [0.25, 0.3) is 5.91 Å². The van der Waals surface area contributed by atoms with Crippen molar-refractivity contribution in [2.75, 3.05) is 6.54 Å². The summed E-state index contributed by atoms with van der Waals surface area (Å²) >= 11 is 6.06. The topological polar surface area (TPSA) is 74.8 Å². The SMILES string of the molecule is CC(=O)NNC(=O)C[NH2+][C@@H](C)c1ccccc1Cl. The van der Waals surface area contributed by atoms with E-state index in [1.165, 1.54) is 6.92 Å². The fraction of sp³-hybridized carbons (Fsp3) is 0.333. The highest BCUT2D eigenvalue weighted by molar-refractivity contribution is 6.31. The van der Waals surface area contributed by atoms with Crippen LogP contribution in [0, 0.1) is 0 Å². The summed E-state index contributed by atoms with van der Waals surface area (Å²) in [7, 11) is 0. The van der Waals surface area contributed by atoms with E-state index in [-0.39, 0.29) is 24.4 Å². The largest absolute Gasteiger partial charge is 0.332 e. The number of rotatable bonds is 4. The molecule has 1 atom stereocenters. The number of halogens is 1. The van der Waals surface area contributed by atoms with Gasteiger partial charge >= 0.3 is 0 Å². The van der Waals surface area contributed by atoms with Gasteiger partial charge in [-0.2, -0.15) is 0 Å². The molecule has 0 fully saturated rings. The molecule has 2 amide bonds. The molecular weight excluding hydrogens is 254 g/mol. The molecule has 6 heteroatoms. The highest BCUT2D eigenvalue weighted by atomic mass is 35.5. The first-order valence-corrected chi connectivity index (χ1v) is 6.01. The van der Waals surface area contributed by atoms with Crippen LogP contribution in [-0.4, -0.2) is 18.4 Å². The molecule has 0 radical (unpaired) electrons. The summed E-state index contributed by atoms with van der Waals surface area (Å²) in [5, 5.41) is 2.53. The zero-order chi connectivity index (χ0) is 13.5. The molecule has 0 aliphatic carbocycles. The Bertz CT molecular complexity index is 437. The van der Waals surface area contributed by atoms with Gasteiger partial charge in [-0.1, -0.05) is 29.8 Å². The molecule has 0 aromatic heterocycles. The number of carbonyl (C=O) groups is 2.